The number of rotatable bonds is 4. The minimum atomic E-state index is -1.58. The monoisotopic (exact) mass is 351 g/mol. The summed E-state index contributed by atoms with van der Waals surface area (Å²) in [5.74, 6) is -0.473. The van der Waals surface area contributed by atoms with Gasteiger partial charge in [0.25, 0.3) is 0 Å². The summed E-state index contributed by atoms with van der Waals surface area (Å²) in [5, 5.41) is 1.81. The molecule has 4 rings (SSSR count). The fraction of sp³-hybridized carbons (Fsp3) is 0.588. The molecule has 0 aromatic heterocycles. The lowest BCUT2D eigenvalue weighted by Gasteiger charge is -2.27. The predicted molar refractivity (Wildman–Crippen MR) is 86.4 cm³/mol. The molecule has 0 spiro atoms. The maximum absolute atomic E-state index is 13.5. The average molecular weight is 351 g/mol. The van der Waals surface area contributed by atoms with Gasteiger partial charge in [0.2, 0.25) is 6.29 Å². The SMILES string of the molecule is CCO[C@H]1OC(=O)[C@@]2(S(=O)c3ccc(C)cc3)[C@@H]1ON1CCC[C@@H]12. The fourth-order valence-electron chi connectivity index (χ4n) is 3.92. The zero-order valence-corrected chi connectivity index (χ0v) is 14.6. The number of hydrogen-bond donors (Lipinski definition) is 0. The van der Waals surface area contributed by atoms with Crippen LogP contribution in [0.5, 0.6) is 0 Å². The van der Waals surface area contributed by atoms with E-state index in [0.29, 0.717) is 11.5 Å². The van der Waals surface area contributed by atoms with Crippen molar-refractivity contribution >= 4 is 16.8 Å². The summed E-state index contributed by atoms with van der Waals surface area (Å²) in [7, 11) is -1.58. The Morgan fingerprint density at radius 2 is 2.12 bits per heavy atom. The number of benzene rings is 1. The van der Waals surface area contributed by atoms with Gasteiger partial charge in [0.05, 0.1) is 16.8 Å². The largest absolute Gasteiger partial charge is 0.431 e. The van der Waals surface area contributed by atoms with Crippen molar-refractivity contribution in [2.24, 2.45) is 0 Å². The van der Waals surface area contributed by atoms with Gasteiger partial charge >= 0.3 is 5.97 Å². The van der Waals surface area contributed by atoms with Gasteiger partial charge in [-0.25, -0.2) is 0 Å². The van der Waals surface area contributed by atoms with Crippen LogP contribution in [0.3, 0.4) is 0 Å². The van der Waals surface area contributed by atoms with Crippen molar-refractivity contribution in [3.05, 3.63) is 29.8 Å². The van der Waals surface area contributed by atoms with Gasteiger partial charge in [-0.15, -0.1) is 0 Å². The molecule has 5 atom stereocenters. The molecule has 0 saturated carbocycles. The Hall–Kier alpha value is -1.28. The summed E-state index contributed by atoms with van der Waals surface area (Å²) in [5.41, 5.74) is 1.08. The van der Waals surface area contributed by atoms with Crippen molar-refractivity contribution in [3.63, 3.8) is 0 Å². The van der Waals surface area contributed by atoms with E-state index >= 15 is 0 Å². The Labute approximate surface area is 143 Å². The highest BCUT2D eigenvalue weighted by Crippen LogP contribution is 2.50. The lowest BCUT2D eigenvalue weighted by Crippen LogP contribution is -2.54. The summed E-state index contributed by atoms with van der Waals surface area (Å²) in [4.78, 5) is 19.5. The van der Waals surface area contributed by atoms with Gasteiger partial charge in [0, 0.05) is 18.0 Å². The second-order valence-corrected chi connectivity index (χ2v) is 8.11. The topological polar surface area (TPSA) is 65.1 Å². The number of fused-ring (bicyclic) bond motifs is 3. The molecule has 1 aromatic carbocycles. The van der Waals surface area contributed by atoms with Crippen LogP contribution in [0, 0.1) is 6.92 Å². The zero-order chi connectivity index (χ0) is 16.9. The zero-order valence-electron chi connectivity index (χ0n) is 13.8. The molecule has 24 heavy (non-hydrogen) atoms. The van der Waals surface area contributed by atoms with Gasteiger partial charge in [-0.05, 0) is 38.8 Å². The van der Waals surface area contributed by atoms with Crippen molar-refractivity contribution in [1.29, 1.82) is 0 Å². The maximum Gasteiger partial charge on any atom is 0.332 e. The van der Waals surface area contributed by atoms with Crippen molar-refractivity contribution in [2.45, 2.75) is 54.8 Å². The van der Waals surface area contributed by atoms with Crippen LogP contribution in [0.25, 0.3) is 0 Å². The predicted octanol–water partition coefficient (Wildman–Crippen LogP) is 1.54. The molecule has 6 nitrogen and oxygen atoms in total. The Balaban J connectivity index is 1.79. The Morgan fingerprint density at radius 1 is 1.38 bits per heavy atom. The number of ether oxygens (including phenoxy) is 2. The molecule has 0 N–H and O–H groups in total. The van der Waals surface area contributed by atoms with Crippen LogP contribution in [0.4, 0.5) is 0 Å². The van der Waals surface area contributed by atoms with E-state index in [1.165, 1.54) is 0 Å². The van der Waals surface area contributed by atoms with E-state index in [1.54, 1.807) is 0 Å². The van der Waals surface area contributed by atoms with E-state index in [9.17, 15) is 9.00 Å². The summed E-state index contributed by atoms with van der Waals surface area (Å²) in [6.07, 6.45) is 0.207. The number of carbonyl (C=O) groups excluding carboxylic acids is 1. The van der Waals surface area contributed by atoms with E-state index in [2.05, 4.69) is 0 Å². The fourth-order valence-corrected chi connectivity index (χ4v) is 5.74. The van der Waals surface area contributed by atoms with Gasteiger partial charge in [-0.2, -0.15) is 5.06 Å². The third-order valence-electron chi connectivity index (χ3n) is 5.03. The number of hydrogen-bond acceptors (Lipinski definition) is 6. The molecule has 3 aliphatic heterocycles. The molecule has 7 heteroatoms. The molecule has 0 radical (unpaired) electrons. The Morgan fingerprint density at radius 3 is 2.83 bits per heavy atom. The highest BCUT2D eigenvalue weighted by Gasteiger charge is 2.73. The third-order valence-corrected chi connectivity index (χ3v) is 7.02. The van der Waals surface area contributed by atoms with E-state index in [0.717, 1.165) is 24.9 Å². The van der Waals surface area contributed by atoms with Crippen LogP contribution in [-0.2, 0) is 29.9 Å². The van der Waals surface area contributed by atoms with Crippen LogP contribution >= 0.6 is 0 Å². The molecule has 3 aliphatic rings. The molecule has 0 amide bonds. The molecular formula is C17H21NO5S. The first kappa shape index (κ1) is 16.2. The first-order valence-corrected chi connectivity index (χ1v) is 9.48. The van der Waals surface area contributed by atoms with E-state index in [4.69, 9.17) is 14.3 Å². The number of hydroxylamine groups is 2. The van der Waals surface area contributed by atoms with Crippen molar-refractivity contribution in [1.82, 2.24) is 5.06 Å². The molecule has 3 saturated heterocycles. The molecule has 130 valence electrons. The average Bonchev–Trinajstić information content (AvgIpc) is 3.20. The third kappa shape index (κ3) is 2.12. The Bertz CT molecular complexity index is 678. The van der Waals surface area contributed by atoms with E-state index in [-0.39, 0.29) is 6.04 Å². The molecule has 0 bridgehead atoms. The van der Waals surface area contributed by atoms with E-state index < -0.39 is 33.9 Å². The molecule has 0 aliphatic carbocycles. The second kappa shape index (κ2) is 5.91. The summed E-state index contributed by atoms with van der Waals surface area (Å²) in [6.45, 7) is 4.94. The number of cyclic esters (lactones) is 1. The lowest BCUT2D eigenvalue weighted by atomic mass is 9.94. The van der Waals surface area contributed by atoms with Gasteiger partial charge in [0.1, 0.15) is 0 Å². The normalized spacial score (nSPS) is 36.4. The van der Waals surface area contributed by atoms with Gasteiger partial charge in [-0.3, -0.25) is 13.8 Å². The highest BCUT2D eigenvalue weighted by molar-refractivity contribution is 7.87. The van der Waals surface area contributed by atoms with Crippen LogP contribution in [0.15, 0.2) is 29.2 Å². The van der Waals surface area contributed by atoms with Crippen LogP contribution in [0.2, 0.25) is 0 Å². The van der Waals surface area contributed by atoms with Crippen molar-refractivity contribution in [3.8, 4) is 0 Å². The lowest BCUT2D eigenvalue weighted by molar-refractivity contribution is -0.226. The van der Waals surface area contributed by atoms with Crippen LogP contribution < -0.4 is 0 Å². The van der Waals surface area contributed by atoms with Crippen LogP contribution in [0.1, 0.15) is 25.3 Å². The van der Waals surface area contributed by atoms with Gasteiger partial charge in [0.15, 0.2) is 10.9 Å². The molecule has 1 unspecified atom stereocenters. The second-order valence-electron chi connectivity index (χ2n) is 6.43. The summed E-state index contributed by atoms with van der Waals surface area (Å²) < 4.78 is 23.3. The molecule has 3 heterocycles. The Kier molecular flexibility index (Phi) is 3.99. The van der Waals surface area contributed by atoms with Crippen LogP contribution in [-0.4, -0.2) is 51.6 Å². The van der Waals surface area contributed by atoms with Crippen molar-refractivity contribution < 1.29 is 23.3 Å². The minimum Gasteiger partial charge on any atom is -0.431 e. The molecular weight excluding hydrogens is 330 g/mol. The maximum atomic E-state index is 13.5. The molecule has 1 aromatic rings. The summed E-state index contributed by atoms with van der Waals surface area (Å²) >= 11 is 0. The van der Waals surface area contributed by atoms with Gasteiger partial charge < -0.3 is 9.47 Å². The number of nitrogens with zero attached hydrogens (tertiary/aromatic N) is 1. The smallest absolute Gasteiger partial charge is 0.332 e. The summed E-state index contributed by atoms with van der Waals surface area (Å²) in [6, 6.07) is 7.21. The van der Waals surface area contributed by atoms with E-state index in [1.807, 2.05) is 43.2 Å². The number of carbonyl (C=O) groups is 1. The number of aryl methyl sites for hydroxylation is 1. The van der Waals surface area contributed by atoms with Crippen molar-refractivity contribution in [2.75, 3.05) is 13.2 Å². The molecule has 3 fully saturated rings. The quantitative estimate of drug-likeness (QED) is 0.767. The first-order chi connectivity index (χ1) is 11.6. The van der Waals surface area contributed by atoms with Gasteiger partial charge in [-0.1, -0.05) is 17.7 Å². The number of esters is 1. The minimum absolute atomic E-state index is 0.234. The first-order valence-electron chi connectivity index (χ1n) is 8.33. The standard InChI is InChI=1S/C17H21NO5S/c1-3-21-15-14-17(16(19)22-15,13-5-4-10-18(13)23-14)24(20)12-8-6-11(2)7-9-12/h6-9,13-15H,3-5,10H2,1-2H3/t13-,14-,15+,17+,24?/m1/s1. The highest BCUT2D eigenvalue weighted by atomic mass is 32.2.